The molecule has 0 radical (unpaired) electrons. The molecular weight excluding hydrogens is 321 g/mol. The lowest BCUT2D eigenvalue weighted by molar-refractivity contribution is 0.102. The Labute approximate surface area is 126 Å². The van der Waals surface area contributed by atoms with E-state index in [1.165, 1.54) is 6.07 Å². The van der Waals surface area contributed by atoms with Crippen LogP contribution in [0.1, 0.15) is 27.0 Å². The van der Waals surface area contributed by atoms with Crippen LogP contribution in [0, 0.1) is 26.6 Å². The van der Waals surface area contributed by atoms with Crippen molar-refractivity contribution in [2.45, 2.75) is 20.8 Å². The SMILES string of the molecule is Cc1ccc(C(=O)Nc2cc(Br)c(F)cc2C)cc1C. The summed E-state index contributed by atoms with van der Waals surface area (Å²) >= 11 is 3.12. The average molecular weight is 336 g/mol. The Morgan fingerprint density at radius 3 is 2.40 bits per heavy atom. The second kappa shape index (κ2) is 5.75. The summed E-state index contributed by atoms with van der Waals surface area (Å²) < 4.78 is 13.7. The van der Waals surface area contributed by atoms with Crippen LogP contribution in [0.25, 0.3) is 0 Å². The quantitative estimate of drug-likeness (QED) is 0.841. The Morgan fingerprint density at radius 2 is 1.75 bits per heavy atom. The molecule has 0 unspecified atom stereocenters. The van der Waals surface area contributed by atoms with Crippen molar-refractivity contribution >= 4 is 27.5 Å². The van der Waals surface area contributed by atoms with Gasteiger partial charge in [-0.1, -0.05) is 6.07 Å². The molecule has 2 aromatic carbocycles. The molecule has 2 rings (SSSR count). The third-order valence-corrected chi connectivity index (χ3v) is 3.89. The predicted molar refractivity (Wildman–Crippen MR) is 82.7 cm³/mol. The molecule has 0 atom stereocenters. The van der Waals surface area contributed by atoms with E-state index in [0.717, 1.165) is 11.1 Å². The van der Waals surface area contributed by atoms with E-state index < -0.39 is 0 Å². The fourth-order valence-electron chi connectivity index (χ4n) is 1.86. The van der Waals surface area contributed by atoms with E-state index in [0.29, 0.717) is 21.3 Å². The zero-order chi connectivity index (χ0) is 14.9. The first-order valence-electron chi connectivity index (χ1n) is 6.22. The molecule has 20 heavy (non-hydrogen) atoms. The van der Waals surface area contributed by atoms with Crippen LogP contribution in [-0.2, 0) is 0 Å². The highest BCUT2D eigenvalue weighted by atomic mass is 79.9. The van der Waals surface area contributed by atoms with Gasteiger partial charge in [0.2, 0.25) is 0 Å². The third-order valence-electron chi connectivity index (χ3n) is 3.28. The van der Waals surface area contributed by atoms with E-state index in [1.807, 2.05) is 26.0 Å². The first-order chi connectivity index (χ1) is 9.38. The molecule has 0 heterocycles. The summed E-state index contributed by atoms with van der Waals surface area (Å²) in [4.78, 5) is 12.2. The second-order valence-corrected chi connectivity index (χ2v) is 5.69. The fourth-order valence-corrected chi connectivity index (χ4v) is 2.20. The summed E-state index contributed by atoms with van der Waals surface area (Å²) in [6, 6.07) is 8.51. The highest BCUT2D eigenvalue weighted by Crippen LogP contribution is 2.24. The van der Waals surface area contributed by atoms with Gasteiger partial charge in [0.05, 0.1) is 4.47 Å². The number of aryl methyl sites for hydroxylation is 3. The standard InChI is InChI=1S/C16H15BrFNO/c1-9-4-5-12(6-10(9)2)16(20)19-15-8-13(17)14(18)7-11(15)3/h4-8H,1-3H3,(H,19,20). The number of halogens is 2. The minimum Gasteiger partial charge on any atom is -0.322 e. The van der Waals surface area contributed by atoms with Crippen molar-refractivity contribution in [2.24, 2.45) is 0 Å². The molecule has 1 amide bonds. The second-order valence-electron chi connectivity index (χ2n) is 4.83. The highest BCUT2D eigenvalue weighted by Gasteiger charge is 2.11. The topological polar surface area (TPSA) is 29.1 Å². The van der Waals surface area contributed by atoms with Crippen molar-refractivity contribution in [2.75, 3.05) is 5.32 Å². The average Bonchev–Trinajstić information content (AvgIpc) is 2.39. The van der Waals surface area contributed by atoms with Gasteiger partial charge in [-0.05, 0) is 77.7 Å². The maximum atomic E-state index is 13.4. The largest absolute Gasteiger partial charge is 0.322 e. The molecule has 0 aliphatic heterocycles. The number of benzene rings is 2. The molecule has 0 bridgehead atoms. The number of carbonyl (C=O) groups is 1. The molecule has 0 aromatic heterocycles. The van der Waals surface area contributed by atoms with Crippen LogP contribution in [0.3, 0.4) is 0 Å². The molecular formula is C16H15BrFNO. The number of carbonyl (C=O) groups excluding carboxylic acids is 1. The van der Waals surface area contributed by atoms with Gasteiger partial charge in [0.25, 0.3) is 5.91 Å². The molecule has 0 saturated heterocycles. The van der Waals surface area contributed by atoms with Gasteiger partial charge < -0.3 is 5.32 Å². The van der Waals surface area contributed by atoms with E-state index in [2.05, 4.69) is 21.2 Å². The van der Waals surface area contributed by atoms with Gasteiger partial charge in [0.15, 0.2) is 0 Å². The molecule has 0 spiro atoms. The van der Waals surface area contributed by atoms with Crippen LogP contribution >= 0.6 is 15.9 Å². The van der Waals surface area contributed by atoms with Crippen LogP contribution in [-0.4, -0.2) is 5.91 Å². The molecule has 104 valence electrons. The first-order valence-corrected chi connectivity index (χ1v) is 7.02. The lowest BCUT2D eigenvalue weighted by Crippen LogP contribution is -2.13. The van der Waals surface area contributed by atoms with Gasteiger partial charge in [-0.25, -0.2) is 4.39 Å². The van der Waals surface area contributed by atoms with E-state index in [1.54, 1.807) is 19.1 Å². The maximum absolute atomic E-state index is 13.4. The summed E-state index contributed by atoms with van der Waals surface area (Å²) in [5, 5.41) is 2.81. The highest BCUT2D eigenvalue weighted by molar-refractivity contribution is 9.10. The maximum Gasteiger partial charge on any atom is 0.255 e. The summed E-state index contributed by atoms with van der Waals surface area (Å²) in [7, 11) is 0. The van der Waals surface area contributed by atoms with Gasteiger partial charge in [-0.2, -0.15) is 0 Å². The van der Waals surface area contributed by atoms with Crippen molar-refractivity contribution in [3.8, 4) is 0 Å². The van der Waals surface area contributed by atoms with E-state index >= 15 is 0 Å². The minimum absolute atomic E-state index is 0.199. The summed E-state index contributed by atoms with van der Waals surface area (Å²) in [6.07, 6.45) is 0. The summed E-state index contributed by atoms with van der Waals surface area (Å²) in [5.74, 6) is -0.540. The Bertz CT molecular complexity index is 682. The van der Waals surface area contributed by atoms with Crippen LogP contribution in [0.15, 0.2) is 34.8 Å². The lowest BCUT2D eigenvalue weighted by Gasteiger charge is -2.10. The Kier molecular flexibility index (Phi) is 4.23. The zero-order valence-electron chi connectivity index (χ0n) is 11.6. The minimum atomic E-state index is -0.341. The van der Waals surface area contributed by atoms with Gasteiger partial charge in [-0.3, -0.25) is 4.79 Å². The van der Waals surface area contributed by atoms with E-state index in [9.17, 15) is 9.18 Å². The third kappa shape index (κ3) is 3.07. The predicted octanol–water partition coefficient (Wildman–Crippen LogP) is 4.77. The van der Waals surface area contributed by atoms with Crippen molar-refractivity contribution in [1.29, 1.82) is 0 Å². The van der Waals surface area contributed by atoms with Crippen LogP contribution in [0.4, 0.5) is 10.1 Å². The van der Waals surface area contributed by atoms with Gasteiger partial charge in [0, 0.05) is 11.3 Å². The molecule has 2 nitrogen and oxygen atoms in total. The monoisotopic (exact) mass is 335 g/mol. The summed E-state index contributed by atoms with van der Waals surface area (Å²) in [5.41, 5.74) is 4.08. The molecule has 1 N–H and O–H groups in total. The van der Waals surface area contributed by atoms with Crippen LogP contribution in [0.5, 0.6) is 0 Å². The number of nitrogens with one attached hydrogen (secondary N) is 1. The molecule has 0 fully saturated rings. The van der Waals surface area contributed by atoms with Crippen LogP contribution in [0.2, 0.25) is 0 Å². The Morgan fingerprint density at radius 1 is 1.05 bits per heavy atom. The molecule has 4 heteroatoms. The number of hydrogen-bond acceptors (Lipinski definition) is 1. The zero-order valence-corrected chi connectivity index (χ0v) is 13.1. The summed E-state index contributed by atoms with van der Waals surface area (Å²) in [6.45, 7) is 5.72. The fraction of sp³-hybridized carbons (Fsp3) is 0.188. The number of amides is 1. The molecule has 2 aromatic rings. The number of anilines is 1. The van der Waals surface area contributed by atoms with Gasteiger partial charge in [0.1, 0.15) is 5.82 Å². The normalized spacial score (nSPS) is 10.4. The number of hydrogen-bond donors (Lipinski definition) is 1. The molecule has 0 saturated carbocycles. The van der Waals surface area contributed by atoms with E-state index in [4.69, 9.17) is 0 Å². The molecule has 0 aliphatic rings. The van der Waals surface area contributed by atoms with Crippen molar-refractivity contribution in [3.05, 3.63) is 62.9 Å². The molecule has 0 aliphatic carbocycles. The van der Waals surface area contributed by atoms with Crippen LogP contribution < -0.4 is 5.32 Å². The van der Waals surface area contributed by atoms with Gasteiger partial charge >= 0.3 is 0 Å². The Balaban J connectivity index is 2.27. The first kappa shape index (κ1) is 14.7. The smallest absolute Gasteiger partial charge is 0.255 e. The Hall–Kier alpha value is -1.68. The van der Waals surface area contributed by atoms with Gasteiger partial charge in [-0.15, -0.1) is 0 Å². The van der Waals surface area contributed by atoms with Crippen molar-refractivity contribution in [3.63, 3.8) is 0 Å². The van der Waals surface area contributed by atoms with Crippen molar-refractivity contribution < 1.29 is 9.18 Å². The van der Waals surface area contributed by atoms with Crippen molar-refractivity contribution in [1.82, 2.24) is 0 Å². The lowest BCUT2D eigenvalue weighted by atomic mass is 10.1. The number of rotatable bonds is 2. The van der Waals surface area contributed by atoms with E-state index in [-0.39, 0.29) is 11.7 Å².